The Morgan fingerprint density at radius 2 is 2.17 bits per heavy atom. The van der Waals surface area contributed by atoms with Gasteiger partial charge < -0.3 is 15.0 Å². The Labute approximate surface area is 107 Å². The second-order valence-electron chi connectivity index (χ2n) is 4.34. The normalized spacial score (nSPS) is 12.4. The van der Waals surface area contributed by atoms with Crippen LogP contribution >= 0.6 is 0 Å². The second-order valence-corrected chi connectivity index (χ2v) is 4.34. The number of nitrogens with two attached hydrogens (primary N) is 1. The van der Waals surface area contributed by atoms with Crippen molar-refractivity contribution in [3.05, 3.63) is 48.0 Å². The van der Waals surface area contributed by atoms with Crippen molar-refractivity contribution in [2.75, 3.05) is 0 Å². The molecular weight excluding hydrogens is 226 g/mol. The highest BCUT2D eigenvalue weighted by Gasteiger charge is 2.10. The van der Waals surface area contributed by atoms with Crippen LogP contribution in [0.4, 0.5) is 0 Å². The molecule has 0 saturated heterocycles. The van der Waals surface area contributed by atoms with Crippen LogP contribution < -0.4 is 10.5 Å². The molecule has 0 aliphatic rings. The Hall–Kier alpha value is -1.81. The molecular formula is C14H19N3O. The molecule has 2 N–H and O–H groups in total. The Morgan fingerprint density at radius 1 is 1.39 bits per heavy atom. The average molecular weight is 245 g/mol. The molecule has 0 radical (unpaired) electrons. The first-order chi connectivity index (χ1) is 8.72. The zero-order valence-corrected chi connectivity index (χ0v) is 10.8. The molecule has 2 rings (SSSR count). The third kappa shape index (κ3) is 2.71. The van der Waals surface area contributed by atoms with Crippen molar-refractivity contribution < 1.29 is 4.74 Å². The van der Waals surface area contributed by atoms with Gasteiger partial charge in [0.15, 0.2) is 0 Å². The molecule has 0 fully saturated rings. The zero-order chi connectivity index (χ0) is 13.0. The molecule has 0 amide bonds. The van der Waals surface area contributed by atoms with E-state index in [-0.39, 0.29) is 6.04 Å². The molecule has 0 spiro atoms. The summed E-state index contributed by atoms with van der Waals surface area (Å²) in [7, 11) is 1.95. The lowest BCUT2D eigenvalue weighted by atomic mass is 10.0. The van der Waals surface area contributed by atoms with Crippen LogP contribution in [0.5, 0.6) is 5.75 Å². The van der Waals surface area contributed by atoms with Crippen molar-refractivity contribution in [1.82, 2.24) is 9.55 Å². The summed E-state index contributed by atoms with van der Waals surface area (Å²) < 4.78 is 7.79. The van der Waals surface area contributed by atoms with Gasteiger partial charge in [-0.1, -0.05) is 25.1 Å². The number of ether oxygens (including phenoxy) is 1. The summed E-state index contributed by atoms with van der Waals surface area (Å²) in [4.78, 5) is 4.07. The first-order valence-electron chi connectivity index (χ1n) is 6.15. The number of benzene rings is 1. The van der Waals surface area contributed by atoms with E-state index in [0.717, 1.165) is 23.4 Å². The van der Waals surface area contributed by atoms with E-state index in [0.29, 0.717) is 6.61 Å². The number of para-hydroxylation sites is 1. The highest BCUT2D eigenvalue weighted by Crippen LogP contribution is 2.25. The van der Waals surface area contributed by atoms with Gasteiger partial charge in [-0.25, -0.2) is 4.98 Å². The van der Waals surface area contributed by atoms with E-state index in [1.165, 1.54) is 0 Å². The van der Waals surface area contributed by atoms with Crippen LogP contribution in [0.15, 0.2) is 36.8 Å². The van der Waals surface area contributed by atoms with Crippen LogP contribution in [0.1, 0.15) is 30.6 Å². The third-order valence-corrected chi connectivity index (χ3v) is 3.05. The molecule has 1 aromatic heterocycles. The lowest BCUT2D eigenvalue weighted by Crippen LogP contribution is -2.11. The van der Waals surface area contributed by atoms with Gasteiger partial charge in [0.25, 0.3) is 0 Å². The fourth-order valence-electron chi connectivity index (χ4n) is 1.81. The van der Waals surface area contributed by atoms with E-state index < -0.39 is 0 Å². The topological polar surface area (TPSA) is 53.1 Å². The number of aryl methyl sites for hydroxylation is 1. The first kappa shape index (κ1) is 12.6. The summed E-state index contributed by atoms with van der Waals surface area (Å²) in [6.07, 6.45) is 4.47. The van der Waals surface area contributed by atoms with Gasteiger partial charge in [0.2, 0.25) is 0 Å². The molecule has 96 valence electrons. The fourth-order valence-corrected chi connectivity index (χ4v) is 1.81. The van der Waals surface area contributed by atoms with Crippen LogP contribution in [-0.4, -0.2) is 9.55 Å². The van der Waals surface area contributed by atoms with Crippen LogP contribution in [0.3, 0.4) is 0 Å². The molecule has 18 heavy (non-hydrogen) atoms. The Kier molecular flexibility index (Phi) is 3.99. The van der Waals surface area contributed by atoms with Crippen molar-refractivity contribution in [3.8, 4) is 5.75 Å². The molecule has 4 nitrogen and oxygen atoms in total. The lowest BCUT2D eigenvalue weighted by Gasteiger charge is -2.15. The van der Waals surface area contributed by atoms with E-state index in [2.05, 4.69) is 11.9 Å². The quantitative estimate of drug-likeness (QED) is 0.880. The lowest BCUT2D eigenvalue weighted by molar-refractivity contribution is 0.292. The maximum atomic E-state index is 6.08. The molecule has 0 saturated carbocycles. The highest BCUT2D eigenvalue weighted by molar-refractivity contribution is 5.35. The molecule has 0 bridgehead atoms. The van der Waals surface area contributed by atoms with Gasteiger partial charge in [0.05, 0.1) is 18.2 Å². The number of imidazole rings is 1. The monoisotopic (exact) mass is 245 g/mol. The third-order valence-electron chi connectivity index (χ3n) is 3.05. The molecule has 2 aromatic rings. The number of hydrogen-bond donors (Lipinski definition) is 1. The van der Waals surface area contributed by atoms with Gasteiger partial charge in [0, 0.05) is 18.7 Å². The van der Waals surface area contributed by atoms with E-state index in [4.69, 9.17) is 10.5 Å². The Balaban J connectivity index is 2.12. The fraction of sp³-hybridized carbons (Fsp3) is 0.357. The van der Waals surface area contributed by atoms with E-state index in [9.17, 15) is 0 Å². The van der Waals surface area contributed by atoms with Crippen molar-refractivity contribution in [1.29, 1.82) is 0 Å². The predicted molar refractivity (Wildman–Crippen MR) is 71.2 cm³/mol. The Morgan fingerprint density at radius 3 is 2.83 bits per heavy atom. The maximum Gasteiger partial charge on any atom is 0.130 e. The summed E-state index contributed by atoms with van der Waals surface area (Å²) in [6, 6.07) is 7.95. The minimum Gasteiger partial charge on any atom is -0.487 e. The SMILES string of the molecule is CC[C@@H](N)c1ccccc1OCc1cncn1C. The van der Waals surface area contributed by atoms with Crippen molar-refractivity contribution >= 4 is 0 Å². The molecule has 1 atom stereocenters. The smallest absolute Gasteiger partial charge is 0.130 e. The molecule has 0 aliphatic carbocycles. The minimum atomic E-state index is 0.0211. The van der Waals surface area contributed by atoms with Crippen LogP contribution in [0.2, 0.25) is 0 Å². The predicted octanol–water partition coefficient (Wildman–Crippen LogP) is 2.41. The summed E-state index contributed by atoms with van der Waals surface area (Å²) in [6.45, 7) is 2.58. The summed E-state index contributed by atoms with van der Waals surface area (Å²) in [5.41, 5.74) is 8.17. The minimum absolute atomic E-state index is 0.0211. The first-order valence-corrected chi connectivity index (χ1v) is 6.15. The van der Waals surface area contributed by atoms with Gasteiger partial charge in [-0.05, 0) is 12.5 Å². The summed E-state index contributed by atoms with van der Waals surface area (Å²) in [5.74, 6) is 0.855. The Bertz CT molecular complexity index is 507. The summed E-state index contributed by atoms with van der Waals surface area (Å²) in [5, 5.41) is 0. The highest BCUT2D eigenvalue weighted by atomic mass is 16.5. The zero-order valence-electron chi connectivity index (χ0n) is 10.8. The van der Waals surface area contributed by atoms with Gasteiger partial charge in [-0.3, -0.25) is 0 Å². The number of rotatable bonds is 5. The van der Waals surface area contributed by atoms with Gasteiger partial charge >= 0.3 is 0 Å². The molecule has 1 heterocycles. The van der Waals surface area contributed by atoms with Gasteiger partial charge in [-0.15, -0.1) is 0 Å². The van der Waals surface area contributed by atoms with E-state index in [1.807, 2.05) is 42.1 Å². The maximum absolute atomic E-state index is 6.08. The second kappa shape index (κ2) is 5.69. The van der Waals surface area contributed by atoms with Crippen LogP contribution in [0, 0.1) is 0 Å². The van der Waals surface area contributed by atoms with Crippen LogP contribution in [0.25, 0.3) is 0 Å². The largest absolute Gasteiger partial charge is 0.487 e. The van der Waals surface area contributed by atoms with Gasteiger partial charge in [0.1, 0.15) is 12.4 Å². The van der Waals surface area contributed by atoms with Crippen molar-refractivity contribution in [3.63, 3.8) is 0 Å². The van der Waals surface area contributed by atoms with Crippen molar-refractivity contribution in [2.24, 2.45) is 12.8 Å². The molecule has 0 aliphatic heterocycles. The number of nitrogens with zero attached hydrogens (tertiary/aromatic N) is 2. The number of hydrogen-bond acceptors (Lipinski definition) is 3. The van der Waals surface area contributed by atoms with Gasteiger partial charge in [-0.2, -0.15) is 0 Å². The van der Waals surface area contributed by atoms with E-state index >= 15 is 0 Å². The van der Waals surface area contributed by atoms with Crippen molar-refractivity contribution in [2.45, 2.75) is 26.0 Å². The molecule has 0 unspecified atom stereocenters. The molecule has 4 heteroatoms. The average Bonchev–Trinajstić information content (AvgIpc) is 2.81. The summed E-state index contributed by atoms with van der Waals surface area (Å²) >= 11 is 0. The number of aromatic nitrogens is 2. The van der Waals surface area contributed by atoms with E-state index in [1.54, 1.807) is 6.33 Å². The standard InChI is InChI=1S/C14H19N3O/c1-3-13(15)12-6-4-5-7-14(12)18-9-11-8-16-10-17(11)2/h4-8,10,13H,3,9,15H2,1-2H3/t13-/m1/s1. The van der Waals surface area contributed by atoms with Crippen LogP contribution in [-0.2, 0) is 13.7 Å². The molecule has 1 aromatic carbocycles.